The molecule has 1 fully saturated rings. The molecular formula is C19H27N3O3. The molecule has 2 rings (SSSR count). The van der Waals surface area contributed by atoms with Crippen molar-refractivity contribution in [2.24, 2.45) is 5.73 Å². The molecule has 136 valence electrons. The molecule has 2 amide bonds. The number of piperidine rings is 1. The molecule has 1 heterocycles. The van der Waals surface area contributed by atoms with Gasteiger partial charge < -0.3 is 16.0 Å². The van der Waals surface area contributed by atoms with E-state index in [1.165, 1.54) is 0 Å². The predicted octanol–water partition coefficient (Wildman–Crippen LogP) is 1.50. The zero-order valence-corrected chi connectivity index (χ0v) is 14.6. The minimum Gasteiger partial charge on any atom is -0.354 e. The summed E-state index contributed by atoms with van der Waals surface area (Å²) in [5.41, 5.74) is 6.01. The molecule has 0 bridgehead atoms. The zero-order valence-electron chi connectivity index (χ0n) is 14.6. The van der Waals surface area contributed by atoms with Crippen LogP contribution in [-0.2, 0) is 9.59 Å². The Hall–Kier alpha value is -2.21. The fourth-order valence-corrected chi connectivity index (χ4v) is 3.12. The number of nitrogens with two attached hydrogens (primary N) is 1. The smallest absolute Gasteiger partial charge is 0.223 e. The predicted molar refractivity (Wildman–Crippen MR) is 96.0 cm³/mol. The van der Waals surface area contributed by atoms with Gasteiger partial charge in [-0.3, -0.25) is 14.4 Å². The van der Waals surface area contributed by atoms with Crippen molar-refractivity contribution in [2.75, 3.05) is 19.6 Å². The van der Waals surface area contributed by atoms with Crippen molar-refractivity contribution in [1.82, 2.24) is 10.2 Å². The second kappa shape index (κ2) is 9.93. The minimum absolute atomic E-state index is 0.00908. The summed E-state index contributed by atoms with van der Waals surface area (Å²) in [5, 5.41) is 2.85. The summed E-state index contributed by atoms with van der Waals surface area (Å²) < 4.78 is 0. The van der Waals surface area contributed by atoms with Gasteiger partial charge in [0.25, 0.3) is 0 Å². The third-order valence-corrected chi connectivity index (χ3v) is 4.52. The van der Waals surface area contributed by atoms with E-state index in [9.17, 15) is 14.4 Å². The SMILES string of the molecule is NCCC(=O)NCC1CCCCN1C(=O)CCC(=O)c1ccccc1. The Labute approximate surface area is 148 Å². The molecule has 6 heteroatoms. The van der Waals surface area contributed by atoms with Gasteiger partial charge in [0.15, 0.2) is 5.78 Å². The van der Waals surface area contributed by atoms with Crippen LogP contribution in [0.15, 0.2) is 30.3 Å². The molecule has 0 aliphatic carbocycles. The van der Waals surface area contributed by atoms with Gasteiger partial charge in [-0.05, 0) is 19.3 Å². The number of carbonyl (C=O) groups excluding carboxylic acids is 3. The van der Waals surface area contributed by atoms with Gasteiger partial charge in [-0.2, -0.15) is 0 Å². The number of benzene rings is 1. The van der Waals surface area contributed by atoms with Crippen LogP contribution in [-0.4, -0.2) is 48.2 Å². The van der Waals surface area contributed by atoms with Crippen molar-refractivity contribution in [3.63, 3.8) is 0 Å². The Morgan fingerprint density at radius 2 is 1.84 bits per heavy atom. The Morgan fingerprint density at radius 3 is 2.56 bits per heavy atom. The summed E-state index contributed by atoms with van der Waals surface area (Å²) in [6.07, 6.45) is 3.61. The number of likely N-dealkylation sites (tertiary alicyclic amines) is 1. The highest BCUT2D eigenvalue weighted by molar-refractivity contribution is 5.97. The molecule has 0 radical (unpaired) electrons. The second-order valence-corrected chi connectivity index (χ2v) is 6.37. The van der Waals surface area contributed by atoms with Crippen molar-refractivity contribution in [2.45, 2.75) is 44.6 Å². The number of ketones is 1. The van der Waals surface area contributed by atoms with E-state index in [1.807, 2.05) is 23.1 Å². The van der Waals surface area contributed by atoms with Gasteiger partial charge in [-0.25, -0.2) is 0 Å². The molecule has 1 atom stereocenters. The monoisotopic (exact) mass is 345 g/mol. The Kier molecular flexibility index (Phi) is 7.60. The lowest BCUT2D eigenvalue weighted by atomic mass is 10.00. The first-order chi connectivity index (χ1) is 12.1. The number of nitrogens with one attached hydrogen (secondary N) is 1. The van der Waals surface area contributed by atoms with Crippen LogP contribution in [0.1, 0.15) is 48.9 Å². The van der Waals surface area contributed by atoms with Gasteiger partial charge in [0, 0.05) is 50.5 Å². The summed E-state index contributed by atoms with van der Waals surface area (Å²) in [6, 6.07) is 9.04. The first-order valence-electron chi connectivity index (χ1n) is 8.96. The third kappa shape index (κ3) is 5.98. The van der Waals surface area contributed by atoms with Gasteiger partial charge in [0.2, 0.25) is 11.8 Å². The Morgan fingerprint density at radius 1 is 1.08 bits per heavy atom. The van der Waals surface area contributed by atoms with Crippen molar-refractivity contribution in [3.05, 3.63) is 35.9 Å². The lowest BCUT2D eigenvalue weighted by molar-refractivity contribution is -0.135. The van der Waals surface area contributed by atoms with Crippen LogP contribution in [0.3, 0.4) is 0 Å². The fraction of sp³-hybridized carbons (Fsp3) is 0.526. The molecule has 6 nitrogen and oxygen atoms in total. The van der Waals surface area contributed by atoms with E-state index >= 15 is 0 Å². The summed E-state index contributed by atoms with van der Waals surface area (Å²) in [7, 11) is 0. The summed E-state index contributed by atoms with van der Waals surface area (Å²) >= 11 is 0. The number of amides is 2. The van der Waals surface area contributed by atoms with Crippen LogP contribution in [0.5, 0.6) is 0 Å². The van der Waals surface area contributed by atoms with E-state index in [1.54, 1.807) is 12.1 Å². The summed E-state index contributed by atoms with van der Waals surface area (Å²) in [4.78, 5) is 38.1. The lowest BCUT2D eigenvalue weighted by Crippen LogP contribution is -2.49. The highest BCUT2D eigenvalue weighted by atomic mass is 16.2. The fourth-order valence-electron chi connectivity index (χ4n) is 3.12. The van der Waals surface area contributed by atoms with Crippen molar-refractivity contribution < 1.29 is 14.4 Å². The molecule has 1 saturated heterocycles. The van der Waals surface area contributed by atoms with E-state index in [0.29, 0.717) is 31.6 Å². The first-order valence-corrected chi connectivity index (χ1v) is 8.96. The van der Waals surface area contributed by atoms with Crippen LogP contribution in [0, 0.1) is 0 Å². The average molecular weight is 345 g/mol. The van der Waals surface area contributed by atoms with E-state index in [-0.39, 0.29) is 36.5 Å². The molecule has 1 aliphatic rings. The van der Waals surface area contributed by atoms with Gasteiger partial charge in [0.1, 0.15) is 0 Å². The Bertz CT molecular complexity index is 589. The molecule has 1 unspecified atom stereocenters. The maximum atomic E-state index is 12.6. The first kappa shape index (κ1) is 19.1. The second-order valence-electron chi connectivity index (χ2n) is 6.37. The molecule has 3 N–H and O–H groups in total. The standard InChI is InChI=1S/C19H27N3O3/c20-12-11-18(24)21-14-16-8-4-5-13-22(16)19(25)10-9-17(23)15-6-2-1-3-7-15/h1-3,6-7,16H,4-5,8-14,20H2,(H,21,24). The van der Waals surface area contributed by atoms with Gasteiger partial charge in [-0.1, -0.05) is 30.3 Å². The summed E-state index contributed by atoms with van der Waals surface area (Å²) in [5.74, 6) is -0.111. The molecule has 0 spiro atoms. The van der Waals surface area contributed by atoms with Crippen LogP contribution in [0.4, 0.5) is 0 Å². The lowest BCUT2D eigenvalue weighted by Gasteiger charge is -2.36. The zero-order chi connectivity index (χ0) is 18.1. The molecule has 1 aliphatic heterocycles. The van der Waals surface area contributed by atoms with E-state index in [2.05, 4.69) is 5.32 Å². The van der Waals surface area contributed by atoms with E-state index in [4.69, 9.17) is 5.73 Å². The molecular weight excluding hydrogens is 318 g/mol. The molecule has 0 aromatic heterocycles. The topological polar surface area (TPSA) is 92.5 Å². The largest absolute Gasteiger partial charge is 0.354 e. The molecule has 1 aromatic carbocycles. The Balaban J connectivity index is 1.85. The number of rotatable bonds is 8. The molecule has 25 heavy (non-hydrogen) atoms. The van der Waals surface area contributed by atoms with Gasteiger partial charge in [0.05, 0.1) is 0 Å². The number of Topliss-reactive ketones (excluding diaryl/α,β-unsaturated/α-hetero) is 1. The average Bonchev–Trinajstić information content (AvgIpc) is 2.65. The van der Waals surface area contributed by atoms with Crippen molar-refractivity contribution in [1.29, 1.82) is 0 Å². The minimum atomic E-state index is -0.0836. The third-order valence-electron chi connectivity index (χ3n) is 4.52. The highest BCUT2D eigenvalue weighted by Crippen LogP contribution is 2.18. The van der Waals surface area contributed by atoms with Crippen LogP contribution < -0.4 is 11.1 Å². The van der Waals surface area contributed by atoms with Crippen LogP contribution in [0.2, 0.25) is 0 Å². The maximum Gasteiger partial charge on any atom is 0.223 e. The van der Waals surface area contributed by atoms with Crippen LogP contribution in [0.25, 0.3) is 0 Å². The van der Waals surface area contributed by atoms with Crippen molar-refractivity contribution in [3.8, 4) is 0 Å². The van der Waals surface area contributed by atoms with E-state index < -0.39 is 0 Å². The van der Waals surface area contributed by atoms with Crippen LogP contribution >= 0.6 is 0 Å². The summed E-state index contributed by atoms with van der Waals surface area (Å²) in [6.45, 7) is 1.47. The molecule has 0 saturated carbocycles. The molecule has 1 aromatic rings. The van der Waals surface area contributed by atoms with Crippen molar-refractivity contribution >= 4 is 17.6 Å². The highest BCUT2D eigenvalue weighted by Gasteiger charge is 2.27. The number of hydrogen-bond acceptors (Lipinski definition) is 4. The number of hydrogen-bond donors (Lipinski definition) is 2. The van der Waals surface area contributed by atoms with Gasteiger partial charge in [-0.15, -0.1) is 0 Å². The normalized spacial score (nSPS) is 17.2. The quantitative estimate of drug-likeness (QED) is 0.698. The number of nitrogens with zero attached hydrogens (tertiary/aromatic N) is 1. The maximum absolute atomic E-state index is 12.6. The van der Waals surface area contributed by atoms with Gasteiger partial charge >= 0.3 is 0 Å². The van der Waals surface area contributed by atoms with E-state index in [0.717, 1.165) is 19.3 Å². The number of carbonyl (C=O) groups is 3.